The van der Waals surface area contributed by atoms with E-state index in [2.05, 4.69) is 24.1 Å². The lowest BCUT2D eigenvalue weighted by molar-refractivity contribution is 0.522. The van der Waals surface area contributed by atoms with E-state index in [9.17, 15) is 0 Å². The molecule has 3 N–H and O–H groups in total. The van der Waals surface area contributed by atoms with Gasteiger partial charge in [-0.15, -0.1) is 0 Å². The van der Waals surface area contributed by atoms with Crippen molar-refractivity contribution in [2.45, 2.75) is 26.3 Å². The summed E-state index contributed by atoms with van der Waals surface area (Å²) in [7, 11) is 0. The Hall–Kier alpha value is -0.830. The third-order valence-corrected chi connectivity index (χ3v) is 3.33. The summed E-state index contributed by atoms with van der Waals surface area (Å²) < 4.78 is 0. The van der Waals surface area contributed by atoms with Crippen molar-refractivity contribution >= 4 is 28.1 Å². The van der Waals surface area contributed by atoms with Crippen LogP contribution in [0.4, 0.5) is 5.13 Å². The number of nitrogens with one attached hydrogen (secondary N) is 1. The molecule has 1 heterocycles. The predicted octanol–water partition coefficient (Wildman–Crippen LogP) is 2.45. The molecular weight excluding hydrogens is 244 g/mol. The van der Waals surface area contributed by atoms with Gasteiger partial charge in [0.05, 0.1) is 0 Å². The molecule has 0 spiro atoms. The first-order valence-corrected chi connectivity index (χ1v) is 6.29. The number of thiazole rings is 1. The smallest absolute Gasteiger partial charge is 0.185 e. The standard InChI is InChI=1S/C10H15ClN4S/c1-6(2)3-7(4-12)14-10-15-9(11)8(5-13)16-10/h6-7H,3-4,12H2,1-2H3,(H,14,15). The zero-order valence-electron chi connectivity index (χ0n) is 9.33. The van der Waals surface area contributed by atoms with Crippen LogP contribution in [-0.4, -0.2) is 17.6 Å². The van der Waals surface area contributed by atoms with Crippen molar-refractivity contribution in [2.24, 2.45) is 11.7 Å². The zero-order chi connectivity index (χ0) is 12.1. The van der Waals surface area contributed by atoms with Crippen LogP contribution >= 0.6 is 22.9 Å². The lowest BCUT2D eigenvalue weighted by Gasteiger charge is -2.17. The first-order chi connectivity index (χ1) is 7.56. The van der Waals surface area contributed by atoms with Gasteiger partial charge in [-0.3, -0.25) is 0 Å². The van der Waals surface area contributed by atoms with Crippen LogP contribution in [0.3, 0.4) is 0 Å². The lowest BCUT2D eigenvalue weighted by Crippen LogP contribution is -2.30. The van der Waals surface area contributed by atoms with Crippen LogP contribution in [0.25, 0.3) is 0 Å². The third-order valence-electron chi connectivity index (χ3n) is 2.06. The number of hydrogen-bond donors (Lipinski definition) is 2. The van der Waals surface area contributed by atoms with Crippen molar-refractivity contribution in [3.05, 3.63) is 10.0 Å². The SMILES string of the molecule is CC(C)CC(CN)Nc1nc(Cl)c(C#N)s1. The summed E-state index contributed by atoms with van der Waals surface area (Å²) in [6.07, 6.45) is 0.968. The van der Waals surface area contributed by atoms with E-state index < -0.39 is 0 Å². The van der Waals surface area contributed by atoms with Gasteiger partial charge in [0, 0.05) is 12.6 Å². The van der Waals surface area contributed by atoms with Crippen LogP contribution in [-0.2, 0) is 0 Å². The molecule has 0 fully saturated rings. The molecule has 1 aromatic rings. The van der Waals surface area contributed by atoms with Gasteiger partial charge in [-0.05, 0) is 12.3 Å². The molecule has 1 rings (SSSR count). The first kappa shape index (κ1) is 13.2. The Balaban J connectivity index is 2.67. The summed E-state index contributed by atoms with van der Waals surface area (Å²) in [6.45, 7) is 4.82. The summed E-state index contributed by atoms with van der Waals surface area (Å²) in [4.78, 5) is 4.51. The van der Waals surface area contributed by atoms with Gasteiger partial charge in [0.15, 0.2) is 10.3 Å². The maximum Gasteiger partial charge on any atom is 0.185 e. The summed E-state index contributed by atoms with van der Waals surface area (Å²) in [6, 6.07) is 2.18. The van der Waals surface area contributed by atoms with Crippen molar-refractivity contribution in [3.63, 3.8) is 0 Å². The van der Waals surface area contributed by atoms with Gasteiger partial charge in [-0.25, -0.2) is 4.98 Å². The van der Waals surface area contributed by atoms with Crippen LogP contribution in [0.5, 0.6) is 0 Å². The Bertz CT molecular complexity index is 383. The zero-order valence-corrected chi connectivity index (χ0v) is 10.9. The molecule has 0 bridgehead atoms. The highest BCUT2D eigenvalue weighted by Gasteiger charge is 2.13. The molecule has 0 aliphatic rings. The molecule has 16 heavy (non-hydrogen) atoms. The van der Waals surface area contributed by atoms with Crippen LogP contribution in [0.2, 0.25) is 5.15 Å². The number of rotatable bonds is 5. The van der Waals surface area contributed by atoms with Crippen LogP contribution in [0.1, 0.15) is 25.1 Å². The van der Waals surface area contributed by atoms with Crippen LogP contribution < -0.4 is 11.1 Å². The molecule has 1 unspecified atom stereocenters. The number of nitriles is 1. The Morgan fingerprint density at radius 1 is 1.62 bits per heavy atom. The van der Waals surface area contributed by atoms with E-state index >= 15 is 0 Å². The van der Waals surface area contributed by atoms with E-state index in [0.717, 1.165) is 6.42 Å². The van der Waals surface area contributed by atoms with E-state index in [1.165, 1.54) is 11.3 Å². The van der Waals surface area contributed by atoms with E-state index in [0.29, 0.717) is 22.5 Å². The third kappa shape index (κ3) is 3.63. The minimum Gasteiger partial charge on any atom is -0.357 e. The molecule has 6 heteroatoms. The Morgan fingerprint density at radius 3 is 2.75 bits per heavy atom. The highest BCUT2D eigenvalue weighted by Crippen LogP contribution is 2.26. The minimum absolute atomic E-state index is 0.175. The Labute approximate surface area is 104 Å². The largest absolute Gasteiger partial charge is 0.357 e. The van der Waals surface area contributed by atoms with Gasteiger partial charge in [0.1, 0.15) is 10.9 Å². The van der Waals surface area contributed by atoms with E-state index in [1.807, 2.05) is 6.07 Å². The fourth-order valence-corrected chi connectivity index (χ4v) is 2.41. The van der Waals surface area contributed by atoms with Gasteiger partial charge in [0.25, 0.3) is 0 Å². The maximum absolute atomic E-state index is 8.75. The lowest BCUT2D eigenvalue weighted by atomic mass is 10.0. The first-order valence-electron chi connectivity index (χ1n) is 5.09. The molecule has 0 amide bonds. The average Bonchev–Trinajstić information content (AvgIpc) is 2.57. The summed E-state index contributed by atoms with van der Waals surface area (Å²) >= 11 is 7.04. The topological polar surface area (TPSA) is 74.7 Å². The van der Waals surface area contributed by atoms with Crippen LogP contribution in [0.15, 0.2) is 0 Å². The molecule has 0 saturated carbocycles. The number of anilines is 1. The van der Waals surface area contributed by atoms with Crippen molar-refractivity contribution in [1.82, 2.24) is 4.98 Å². The molecule has 1 atom stereocenters. The highest BCUT2D eigenvalue weighted by atomic mass is 35.5. The molecule has 0 radical (unpaired) electrons. The molecule has 0 aromatic carbocycles. The van der Waals surface area contributed by atoms with Crippen LogP contribution in [0, 0.1) is 17.2 Å². The molecular formula is C10H15ClN4S. The van der Waals surface area contributed by atoms with E-state index in [-0.39, 0.29) is 11.2 Å². The number of hydrogen-bond acceptors (Lipinski definition) is 5. The molecule has 0 aliphatic heterocycles. The fourth-order valence-electron chi connectivity index (χ4n) is 1.39. The predicted molar refractivity (Wildman–Crippen MR) is 67.8 cm³/mol. The van der Waals surface area contributed by atoms with Gasteiger partial charge in [0.2, 0.25) is 0 Å². The average molecular weight is 259 g/mol. The summed E-state index contributed by atoms with van der Waals surface area (Å²) in [5, 5.41) is 12.9. The van der Waals surface area contributed by atoms with E-state index in [1.54, 1.807) is 0 Å². The highest BCUT2D eigenvalue weighted by molar-refractivity contribution is 7.16. The Morgan fingerprint density at radius 2 is 2.31 bits per heavy atom. The number of nitrogens with zero attached hydrogens (tertiary/aromatic N) is 2. The normalized spacial score (nSPS) is 12.5. The second-order valence-corrected chi connectivity index (χ2v) is 5.31. The molecule has 0 aliphatic carbocycles. The maximum atomic E-state index is 8.75. The molecule has 0 saturated heterocycles. The van der Waals surface area contributed by atoms with Crippen molar-refractivity contribution < 1.29 is 0 Å². The van der Waals surface area contributed by atoms with Gasteiger partial charge < -0.3 is 11.1 Å². The van der Waals surface area contributed by atoms with Crippen molar-refractivity contribution in [2.75, 3.05) is 11.9 Å². The Kier molecular flexibility index (Phi) is 5.00. The molecule has 4 nitrogen and oxygen atoms in total. The monoisotopic (exact) mass is 258 g/mol. The number of aromatic nitrogens is 1. The molecule has 88 valence electrons. The minimum atomic E-state index is 0.175. The summed E-state index contributed by atoms with van der Waals surface area (Å²) in [5.74, 6) is 0.562. The van der Waals surface area contributed by atoms with Crippen molar-refractivity contribution in [3.8, 4) is 6.07 Å². The van der Waals surface area contributed by atoms with Gasteiger partial charge >= 0.3 is 0 Å². The fraction of sp³-hybridized carbons (Fsp3) is 0.600. The molecule has 1 aromatic heterocycles. The van der Waals surface area contributed by atoms with Gasteiger partial charge in [-0.2, -0.15) is 5.26 Å². The van der Waals surface area contributed by atoms with E-state index in [4.69, 9.17) is 22.6 Å². The van der Waals surface area contributed by atoms with Gasteiger partial charge in [-0.1, -0.05) is 36.8 Å². The van der Waals surface area contributed by atoms with Crippen molar-refractivity contribution in [1.29, 1.82) is 5.26 Å². The summed E-state index contributed by atoms with van der Waals surface area (Å²) in [5.41, 5.74) is 5.66. The quantitative estimate of drug-likeness (QED) is 0.851. The second-order valence-electron chi connectivity index (χ2n) is 3.96. The second kappa shape index (κ2) is 6.04. The number of halogens is 1. The number of nitrogens with two attached hydrogens (primary N) is 1.